The molecule has 15 heavy (non-hydrogen) atoms. The molecule has 92 valence electrons. The molecule has 2 atom stereocenters. The summed E-state index contributed by atoms with van der Waals surface area (Å²) in [6.45, 7) is 0. The van der Waals surface area contributed by atoms with Crippen molar-refractivity contribution >= 4 is 0 Å². The smallest absolute Gasteiger partial charge is 0.372 e. The molecule has 0 amide bonds. The second-order valence-electron chi connectivity index (χ2n) is 2.59. The molecule has 0 aliphatic heterocycles. The number of methoxy groups -OCH3 is 2. The van der Waals surface area contributed by atoms with Crippen LogP contribution in [-0.2, 0) is 9.47 Å². The first-order chi connectivity index (χ1) is 7.05. The molecule has 0 saturated heterocycles. The van der Waals surface area contributed by atoms with Crippen LogP contribution < -0.4 is 0 Å². The first-order valence-electron chi connectivity index (χ1n) is 4.24. The van der Waals surface area contributed by atoms with Gasteiger partial charge in [-0.2, -0.15) is 26.3 Å². The van der Waals surface area contributed by atoms with E-state index >= 15 is 0 Å². The monoisotopic (exact) mass is 241 g/mol. The first kappa shape index (κ1) is 12.6. The predicted octanol–water partition coefficient (Wildman–Crippen LogP) is 2.53. The summed E-state index contributed by atoms with van der Waals surface area (Å²) in [7, 11) is 1.17. The van der Waals surface area contributed by atoms with Crippen molar-refractivity contribution in [3.05, 3.63) is 0 Å². The summed E-state index contributed by atoms with van der Waals surface area (Å²) >= 11 is 0. The SMILES string of the molecule is [2H]C(C(OC)C(F)(F)F)C(OC)C(F)(F)F. The van der Waals surface area contributed by atoms with Gasteiger partial charge in [0.2, 0.25) is 0 Å². The van der Waals surface area contributed by atoms with Crippen LogP contribution in [0.25, 0.3) is 0 Å². The molecule has 0 rings (SSSR count). The van der Waals surface area contributed by atoms with Gasteiger partial charge in [-0.05, 0) is 0 Å². The van der Waals surface area contributed by atoms with Crippen LogP contribution in [0.3, 0.4) is 0 Å². The van der Waals surface area contributed by atoms with E-state index in [-0.39, 0.29) is 0 Å². The summed E-state index contributed by atoms with van der Waals surface area (Å²) in [6.07, 6.45) is -18.4. The quantitative estimate of drug-likeness (QED) is 0.704. The van der Waals surface area contributed by atoms with E-state index in [0.29, 0.717) is 14.2 Å². The normalized spacial score (nSPS) is 20.7. The minimum atomic E-state index is -5.05. The van der Waals surface area contributed by atoms with Crippen LogP contribution in [0.1, 0.15) is 7.77 Å². The van der Waals surface area contributed by atoms with Gasteiger partial charge < -0.3 is 9.47 Å². The van der Waals surface area contributed by atoms with Gasteiger partial charge in [-0.25, -0.2) is 0 Å². The molecule has 0 aromatic heterocycles. The predicted molar refractivity (Wildman–Crippen MR) is 38.3 cm³/mol. The fraction of sp³-hybridized carbons (Fsp3) is 1.00. The molecule has 0 aliphatic rings. The Labute approximate surface area is 83.6 Å². The van der Waals surface area contributed by atoms with E-state index in [1.165, 1.54) is 0 Å². The zero-order chi connectivity index (χ0) is 13.1. The average molecular weight is 241 g/mol. The molecule has 0 saturated carbocycles. The van der Waals surface area contributed by atoms with E-state index in [9.17, 15) is 26.3 Å². The van der Waals surface area contributed by atoms with Crippen molar-refractivity contribution in [3.8, 4) is 0 Å². The van der Waals surface area contributed by atoms with Crippen LogP contribution in [0, 0.1) is 0 Å². The fourth-order valence-corrected chi connectivity index (χ4v) is 0.801. The fourth-order valence-electron chi connectivity index (χ4n) is 0.801. The Balaban J connectivity index is 4.92. The third-order valence-corrected chi connectivity index (χ3v) is 1.50. The van der Waals surface area contributed by atoms with Crippen LogP contribution in [0.2, 0.25) is 0 Å². The molecule has 2 unspecified atom stereocenters. The van der Waals surface area contributed by atoms with Gasteiger partial charge in [0, 0.05) is 22.0 Å². The largest absolute Gasteiger partial charge is 0.414 e. The van der Waals surface area contributed by atoms with E-state index in [1.807, 2.05) is 0 Å². The van der Waals surface area contributed by atoms with E-state index in [4.69, 9.17) is 1.37 Å². The Morgan fingerprint density at radius 2 is 1.20 bits per heavy atom. The van der Waals surface area contributed by atoms with Crippen molar-refractivity contribution in [2.75, 3.05) is 14.2 Å². The van der Waals surface area contributed by atoms with Gasteiger partial charge in [-0.15, -0.1) is 0 Å². The van der Waals surface area contributed by atoms with Crippen LogP contribution in [0.4, 0.5) is 26.3 Å². The summed E-state index contributed by atoms with van der Waals surface area (Å²) in [5.41, 5.74) is 0. The molecular formula is C7H10F6O2. The number of alkyl halides is 6. The van der Waals surface area contributed by atoms with E-state index in [1.54, 1.807) is 0 Å². The Morgan fingerprint density at radius 1 is 0.933 bits per heavy atom. The van der Waals surface area contributed by atoms with Gasteiger partial charge in [0.15, 0.2) is 12.2 Å². The first-order valence-corrected chi connectivity index (χ1v) is 3.67. The van der Waals surface area contributed by atoms with Crippen molar-refractivity contribution in [2.45, 2.75) is 31.0 Å². The van der Waals surface area contributed by atoms with Gasteiger partial charge >= 0.3 is 12.4 Å². The van der Waals surface area contributed by atoms with Gasteiger partial charge in [0.25, 0.3) is 0 Å². The van der Waals surface area contributed by atoms with Crippen LogP contribution >= 0.6 is 0 Å². The summed E-state index contributed by atoms with van der Waals surface area (Å²) in [5.74, 6) is 0. The summed E-state index contributed by atoms with van der Waals surface area (Å²) < 4.78 is 87.8. The lowest BCUT2D eigenvalue weighted by Gasteiger charge is -2.24. The minimum absolute atomic E-state index is 0.586. The van der Waals surface area contributed by atoms with Crippen LogP contribution in [-0.4, -0.2) is 38.8 Å². The molecule has 0 aromatic rings. The zero-order valence-electron chi connectivity index (χ0n) is 8.82. The average Bonchev–Trinajstić information content (AvgIpc) is 2.00. The zero-order valence-corrected chi connectivity index (χ0v) is 7.82. The maximum Gasteiger partial charge on any atom is 0.414 e. The Morgan fingerprint density at radius 3 is 1.33 bits per heavy atom. The highest BCUT2D eigenvalue weighted by Gasteiger charge is 2.48. The molecule has 0 aromatic carbocycles. The summed E-state index contributed by atoms with van der Waals surface area (Å²) in [6, 6.07) is 0. The summed E-state index contributed by atoms with van der Waals surface area (Å²) in [4.78, 5) is 0. The number of rotatable bonds is 4. The van der Waals surface area contributed by atoms with E-state index in [2.05, 4.69) is 9.47 Å². The molecule has 0 radical (unpaired) electrons. The van der Waals surface area contributed by atoms with Gasteiger partial charge in [0.1, 0.15) is 0 Å². The molecule has 0 N–H and O–H groups in total. The summed E-state index contributed by atoms with van der Waals surface area (Å²) in [5, 5.41) is 0. The molecule has 2 nitrogen and oxygen atoms in total. The van der Waals surface area contributed by atoms with Gasteiger partial charge in [0.05, 0.1) is 0 Å². The molecule has 0 aliphatic carbocycles. The van der Waals surface area contributed by atoms with Crippen LogP contribution in [0.5, 0.6) is 0 Å². The Kier molecular flexibility index (Phi) is 4.21. The molecule has 0 heterocycles. The molecular weight excluding hydrogens is 230 g/mol. The van der Waals surface area contributed by atoms with Crippen molar-refractivity contribution in [3.63, 3.8) is 0 Å². The maximum atomic E-state index is 12.2. The highest BCUT2D eigenvalue weighted by atomic mass is 19.4. The topological polar surface area (TPSA) is 18.5 Å². The number of halogens is 6. The third-order valence-electron chi connectivity index (χ3n) is 1.50. The van der Waals surface area contributed by atoms with Crippen molar-refractivity contribution in [1.82, 2.24) is 0 Å². The molecule has 8 heteroatoms. The molecule has 0 fully saturated rings. The minimum Gasteiger partial charge on any atom is -0.372 e. The van der Waals surface area contributed by atoms with Crippen molar-refractivity contribution in [1.29, 1.82) is 0 Å². The Bertz CT molecular complexity index is 194. The molecule has 0 spiro atoms. The number of hydrogen-bond donors (Lipinski definition) is 0. The van der Waals surface area contributed by atoms with E-state index < -0.39 is 31.0 Å². The van der Waals surface area contributed by atoms with Crippen molar-refractivity contribution in [2.24, 2.45) is 0 Å². The lowest BCUT2D eigenvalue weighted by molar-refractivity contribution is -0.254. The second-order valence-corrected chi connectivity index (χ2v) is 2.59. The third kappa shape index (κ3) is 4.70. The van der Waals surface area contributed by atoms with E-state index in [0.717, 1.165) is 0 Å². The highest BCUT2D eigenvalue weighted by Crippen LogP contribution is 2.32. The second kappa shape index (κ2) is 5.02. The van der Waals surface area contributed by atoms with Crippen molar-refractivity contribution < 1.29 is 37.2 Å². The van der Waals surface area contributed by atoms with Gasteiger partial charge in [-0.1, -0.05) is 0 Å². The molecule has 0 bridgehead atoms. The highest BCUT2D eigenvalue weighted by molar-refractivity contribution is 4.77. The Hall–Kier alpha value is -0.500. The lowest BCUT2D eigenvalue weighted by atomic mass is 10.1. The standard InChI is InChI=1S/C7H10F6O2/c1-14-4(6(8,9)10)3-5(15-2)7(11,12)13/h4-5H,3H2,1-2H3/i3D. The number of ether oxygens (including phenoxy) is 2. The van der Waals surface area contributed by atoms with Crippen LogP contribution in [0.15, 0.2) is 0 Å². The number of hydrogen-bond acceptors (Lipinski definition) is 2. The van der Waals surface area contributed by atoms with Gasteiger partial charge in [-0.3, -0.25) is 0 Å². The lowest BCUT2D eigenvalue weighted by Crippen LogP contribution is -2.40. The maximum absolute atomic E-state index is 12.2.